The van der Waals surface area contributed by atoms with Crippen molar-refractivity contribution in [3.8, 4) is 0 Å². The molecule has 1 aromatic rings. The summed E-state index contributed by atoms with van der Waals surface area (Å²) in [4.78, 5) is 12.6. The standard InChI is InChI=1S/C14H24ClN5O/c1-4-14(5-2)9-10(7-8-21-14)17-13-19-11(15)18-12(20-13)16-6-3/h10H,4-9H2,1-3H3,(H2,16,17,18,19,20). The van der Waals surface area contributed by atoms with E-state index in [1.54, 1.807) is 0 Å². The summed E-state index contributed by atoms with van der Waals surface area (Å²) in [6.45, 7) is 7.84. The molecule has 0 radical (unpaired) electrons. The SMILES string of the molecule is CCNc1nc(Cl)nc(NC2CCOC(CC)(CC)C2)n1. The molecule has 1 saturated heterocycles. The molecule has 1 aliphatic heterocycles. The van der Waals surface area contributed by atoms with Gasteiger partial charge >= 0.3 is 0 Å². The summed E-state index contributed by atoms with van der Waals surface area (Å²) in [5.74, 6) is 1.03. The molecule has 2 N–H and O–H groups in total. The lowest BCUT2D eigenvalue weighted by molar-refractivity contribution is -0.0865. The molecule has 0 amide bonds. The minimum Gasteiger partial charge on any atom is -0.375 e. The van der Waals surface area contributed by atoms with Crippen LogP contribution in [0.1, 0.15) is 46.5 Å². The van der Waals surface area contributed by atoms with Crippen LogP contribution >= 0.6 is 11.6 Å². The third-order valence-corrected chi connectivity index (χ3v) is 4.23. The van der Waals surface area contributed by atoms with Crippen LogP contribution < -0.4 is 10.6 Å². The fourth-order valence-corrected chi connectivity index (χ4v) is 2.89. The third kappa shape index (κ3) is 4.17. The zero-order valence-electron chi connectivity index (χ0n) is 12.9. The van der Waals surface area contributed by atoms with E-state index in [1.165, 1.54) is 0 Å². The summed E-state index contributed by atoms with van der Waals surface area (Å²) in [7, 11) is 0. The van der Waals surface area contributed by atoms with E-state index in [-0.39, 0.29) is 10.9 Å². The molecule has 2 heterocycles. The second-order valence-corrected chi connectivity index (χ2v) is 5.69. The first-order valence-electron chi connectivity index (χ1n) is 7.66. The van der Waals surface area contributed by atoms with Crippen LogP contribution in [0.15, 0.2) is 0 Å². The van der Waals surface area contributed by atoms with Gasteiger partial charge in [-0.25, -0.2) is 0 Å². The highest BCUT2D eigenvalue weighted by molar-refractivity contribution is 6.28. The van der Waals surface area contributed by atoms with Gasteiger partial charge in [-0.2, -0.15) is 15.0 Å². The summed E-state index contributed by atoms with van der Waals surface area (Å²) < 4.78 is 5.99. The van der Waals surface area contributed by atoms with Gasteiger partial charge < -0.3 is 15.4 Å². The number of ether oxygens (including phenoxy) is 1. The van der Waals surface area contributed by atoms with E-state index in [9.17, 15) is 0 Å². The van der Waals surface area contributed by atoms with Crippen LogP contribution in [0.3, 0.4) is 0 Å². The number of anilines is 2. The molecule has 1 atom stereocenters. The quantitative estimate of drug-likeness (QED) is 0.841. The molecule has 7 heteroatoms. The van der Waals surface area contributed by atoms with E-state index in [4.69, 9.17) is 16.3 Å². The maximum absolute atomic E-state index is 5.99. The monoisotopic (exact) mass is 313 g/mol. The number of nitrogens with zero attached hydrogens (tertiary/aromatic N) is 3. The number of hydrogen-bond donors (Lipinski definition) is 2. The lowest BCUT2D eigenvalue weighted by Crippen LogP contribution is -2.43. The minimum absolute atomic E-state index is 0.0305. The Hall–Kier alpha value is -1.14. The van der Waals surface area contributed by atoms with E-state index < -0.39 is 0 Å². The molecule has 0 aromatic carbocycles. The Bertz CT molecular complexity index is 467. The van der Waals surface area contributed by atoms with Crippen molar-refractivity contribution < 1.29 is 4.74 Å². The molecule has 6 nitrogen and oxygen atoms in total. The van der Waals surface area contributed by atoms with Crippen LogP contribution in [0.25, 0.3) is 0 Å². The van der Waals surface area contributed by atoms with Gasteiger partial charge in [-0.1, -0.05) is 13.8 Å². The molecular formula is C14H24ClN5O. The molecular weight excluding hydrogens is 290 g/mol. The van der Waals surface area contributed by atoms with E-state index in [1.807, 2.05) is 6.92 Å². The van der Waals surface area contributed by atoms with Crippen molar-refractivity contribution in [1.82, 2.24) is 15.0 Å². The summed E-state index contributed by atoms with van der Waals surface area (Å²) in [6, 6.07) is 0.298. The maximum Gasteiger partial charge on any atom is 0.229 e. The molecule has 0 spiro atoms. The first-order valence-corrected chi connectivity index (χ1v) is 8.04. The Morgan fingerprint density at radius 2 is 1.90 bits per heavy atom. The zero-order chi connectivity index (χ0) is 15.3. The van der Waals surface area contributed by atoms with Crippen molar-refractivity contribution in [1.29, 1.82) is 0 Å². The molecule has 0 bridgehead atoms. The lowest BCUT2D eigenvalue weighted by atomic mass is 9.86. The summed E-state index contributed by atoms with van der Waals surface area (Å²) in [5.41, 5.74) is -0.0305. The first-order chi connectivity index (χ1) is 10.1. The average Bonchev–Trinajstić information content (AvgIpc) is 2.47. The van der Waals surface area contributed by atoms with Crippen molar-refractivity contribution in [2.45, 2.75) is 58.1 Å². The molecule has 1 aliphatic rings. The number of halogens is 1. The highest BCUT2D eigenvalue weighted by Crippen LogP contribution is 2.32. The Balaban J connectivity index is 2.07. The Kier molecular flexibility index (Phi) is 5.58. The van der Waals surface area contributed by atoms with Gasteiger partial charge in [0.15, 0.2) is 0 Å². The van der Waals surface area contributed by atoms with Crippen molar-refractivity contribution in [2.24, 2.45) is 0 Å². The van der Waals surface area contributed by atoms with Gasteiger partial charge in [0, 0.05) is 19.2 Å². The van der Waals surface area contributed by atoms with Crippen LogP contribution in [-0.4, -0.2) is 39.7 Å². The van der Waals surface area contributed by atoms with E-state index >= 15 is 0 Å². The Morgan fingerprint density at radius 1 is 1.19 bits per heavy atom. The van der Waals surface area contributed by atoms with Gasteiger partial charge in [-0.05, 0) is 44.2 Å². The van der Waals surface area contributed by atoms with Gasteiger partial charge in [0.25, 0.3) is 0 Å². The van der Waals surface area contributed by atoms with Crippen molar-refractivity contribution in [3.05, 3.63) is 5.28 Å². The molecule has 21 heavy (non-hydrogen) atoms. The lowest BCUT2D eigenvalue weighted by Gasteiger charge is -2.40. The number of aromatic nitrogens is 3. The van der Waals surface area contributed by atoms with Crippen molar-refractivity contribution in [3.63, 3.8) is 0 Å². The van der Waals surface area contributed by atoms with Crippen LogP contribution in [0.2, 0.25) is 5.28 Å². The third-order valence-electron chi connectivity index (χ3n) is 4.06. The predicted octanol–water partition coefficient (Wildman–Crippen LogP) is 3.11. The van der Waals surface area contributed by atoms with Gasteiger partial charge in [0.2, 0.25) is 17.2 Å². The van der Waals surface area contributed by atoms with Gasteiger partial charge in [-0.15, -0.1) is 0 Å². The van der Waals surface area contributed by atoms with E-state index in [0.29, 0.717) is 17.9 Å². The fourth-order valence-electron chi connectivity index (χ4n) is 2.73. The number of nitrogens with one attached hydrogen (secondary N) is 2. The normalized spacial score (nSPS) is 21.0. The van der Waals surface area contributed by atoms with Crippen molar-refractivity contribution >= 4 is 23.5 Å². The van der Waals surface area contributed by atoms with Gasteiger partial charge in [-0.3, -0.25) is 0 Å². The Labute approximate surface area is 131 Å². The largest absolute Gasteiger partial charge is 0.375 e. The van der Waals surface area contributed by atoms with Crippen molar-refractivity contribution in [2.75, 3.05) is 23.8 Å². The van der Waals surface area contributed by atoms with E-state index in [2.05, 4.69) is 39.4 Å². The number of hydrogen-bond acceptors (Lipinski definition) is 6. The maximum atomic E-state index is 5.99. The smallest absolute Gasteiger partial charge is 0.229 e. The summed E-state index contributed by atoms with van der Waals surface area (Å²) in [6.07, 6.45) is 3.94. The second-order valence-electron chi connectivity index (χ2n) is 5.35. The van der Waals surface area contributed by atoms with Crippen LogP contribution in [0.5, 0.6) is 0 Å². The van der Waals surface area contributed by atoms with Crippen LogP contribution in [-0.2, 0) is 4.74 Å². The predicted molar refractivity (Wildman–Crippen MR) is 84.9 cm³/mol. The summed E-state index contributed by atoms with van der Waals surface area (Å²) in [5, 5.41) is 6.63. The molecule has 1 fully saturated rings. The molecule has 118 valence electrons. The zero-order valence-corrected chi connectivity index (χ0v) is 13.7. The molecule has 2 rings (SSSR count). The molecule has 0 saturated carbocycles. The fraction of sp³-hybridized carbons (Fsp3) is 0.786. The molecule has 0 aliphatic carbocycles. The Morgan fingerprint density at radius 3 is 2.57 bits per heavy atom. The van der Waals surface area contributed by atoms with E-state index in [0.717, 1.165) is 38.8 Å². The van der Waals surface area contributed by atoms with Gasteiger partial charge in [0.1, 0.15) is 0 Å². The van der Waals surface area contributed by atoms with Crippen LogP contribution in [0, 0.1) is 0 Å². The minimum atomic E-state index is -0.0305. The first kappa shape index (κ1) is 16.2. The molecule has 1 aromatic heterocycles. The van der Waals surface area contributed by atoms with Crippen LogP contribution in [0.4, 0.5) is 11.9 Å². The second kappa shape index (κ2) is 7.22. The highest BCUT2D eigenvalue weighted by Gasteiger charge is 2.34. The highest BCUT2D eigenvalue weighted by atomic mass is 35.5. The number of rotatable bonds is 6. The van der Waals surface area contributed by atoms with Gasteiger partial charge in [0.05, 0.1) is 5.60 Å². The molecule has 1 unspecified atom stereocenters. The topological polar surface area (TPSA) is 72.0 Å². The average molecular weight is 314 g/mol. The summed E-state index contributed by atoms with van der Waals surface area (Å²) >= 11 is 5.95.